The highest BCUT2D eigenvalue weighted by Gasteiger charge is 2.27. The number of hydrogen-bond donors (Lipinski definition) is 2. The Balaban J connectivity index is 1.46. The smallest absolute Gasteiger partial charge is 0.410 e. The van der Waals surface area contributed by atoms with Crippen LogP contribution in [-0.2, 0) is 28.6 Å². The lowest BCUT2D eigenvalue weighted by molar-refractivity contribution is 0.0143. The van der Waals surface area contributed by atoms with Gasteiger partial charge in [-0.15, -0.1) is 0 Å². The molecular weight excluding hydrogens is 577 g/mol. The summed E-state index contributed by atoms with van der Waals surface area (Å²) in [5.41, 5.74) is 1.81. The van der Waals surface area contributed by atoms with E-state index in [1.54, 1.807) is 4.90 Å². The first kappa shape index (κ1) is 32.4. The van der Waals surface area contributed by atoms with Crippen LogP contribution >= 0.6 is 0 Å². The molecule has 43 heavy (non-hydrogen) atoms. The highest BCUT2D eigenvalue weighted by molar-refractivity contribution is 7.69. The van der Waals surface area contributed by atoms with Crippen molar-refractivity contribution in [3.05, 3.63) is 53.0 Å². The summed E-state index contributed by atoms with van der Waals surface area (Å²) in [6.45, 7) is 11.0. The van der Waals surface area contributed by atoms with E-state index in [9.17, 15) is 22.4 Å². The number of nitrogens with one attached hydrogen (secondary N) is 1. The molecule has 0 saturated carbocycles. The van der Waals surface area contributed by atoms with Gasteiger partial charge in [0.15, 0.2) is 0 Å². The van der Waals surface area contributed by atoms with E-state index in [4.69, 9.17) is 9.15 Å². The average molecular weight is 618 g/mol. The topological polar surface area (TPSA) is 125 Å². The lowest BCUT2D eigenvalue weighted by Gasteiger charge is -2.35. The molecule has 1 fully saturated rings. The molecule has 3 heterocycles. The van der Waals surface area contributed by atoms with Gasteiger partial charge in [-0.25, -0.2) is 22.6 Å². The average Bonchev–Trinajstić information content (AvgIpc) is 3.33. The zero-order chi connectivity index (χ0) is 31.3. The van der Waals surface area contributed by atoms with Crippen molar-refractivity contribution in [1.29, 1.82) is 0 Å². The molecule has 0 atom stereocenters. The summed E-state index contributed by atoms with van der Waals surface area (Å²) in [6, 6.07) is 7.45. The molecule has 13 heteroatoms. The number of furan rings is 1. The highest BCUT2D eigenvalue weighted by Crippen LogP contribution is 2.34. The van der Waals surface area contributed by atoms with Crippen LogP contribution in [0.15, 0.2) is 34.7 Å². The third kappa shape index (κ3) is 8.09. The van der Waals surface area contributed by atoms with Gasteiger partial charge in [0.25, 0.3) is 5.91 Å². The summed E-state index contributed by atoms with van der Waals surface area (Å²) in [6.07, 6.45) is 0.852. The summed E-state index contributed by atoms with van der Waals surface area (Å²) in [7, 11) is -1.37. The Kier molecular flexibility index (Phi) is 10.4. The van der Waals surface area contributed by atoms with Crippen LogP contribution in [0.5, 0.6) is 0 Å². The standard InChI is InChI=1S/C30H40FN5O6S/c1-6-20-18-23-25(27(37)32-5)26(21-8-10-22(31)11-9-21)41-28(23)33-24(20)19-36(43(39)40)13-7-12-34-14-16-35(17-15-34)29(38)42-30(2,3)4/h8-11,18,43H,6-7,12-17,19H2,1-5H3,(H,32,37). The summed E-state index contributed by atoms with van der Waals surface area (Å²) in [5, 5.41) is 3.13. The number of fused-ring (bicyclic) bond motifs is 1. The predicted molar refractivity (Wildman–Crippen MR) is 162 cm³/mol. The largest absolute Gasteiger partial charge is 0.444 e. The summed E-state index contributed by atoms with van der Waals surface area (Å²) >= 11 is 0. The van der Waals surface area contributed by atoms with Crippen LogP contribution in [-0.4, -0.2) is 91.4 Å². The monoisotopic (exact) mass is 617 g/mol. The van der Waals surface area contributed by atoms with E-state index in [2.05, 4.69) is 15.2 Å². The molecular formula is C30H40FN5O6S. The number of piperazine rings is 1. The maximum absolute atomic E-state index is 13.6. The van der Waals surface area contributed by atoms with Crippen LogP contribution < -0.4 is 5.32 Å². The van der Waals surface area contributed by atoms with E-state index in [0.717, 1.165) is 5.56 Å². The molecule has 0 aliphatic carbocycles. The molecule has 0 spiro atoms. The van der Waals surface area contributed by atoms with Gasteiger partial charge in [-0.3, -0.25) is 9.69 Å². The lowest BCUT2D eigenvalue weighted by Crippen LogP contribution is -2.50. The van der Waals surface area contributed by atoms with E-state index in [0.29, 0.717) is 68.8 Å². The van der Waals surface area contributed by atoms with E-state index >= 15 is 0 Å². The number of pyridine rings is 1. The normalized spacial score (nSPS) is 14.6. The molecule has 1 aliphatic heterocycles. The maximum atomic E-state index is 13.6. The number of nitrogens with zero attached hydrogens (tertiary/aromatic N) is 4. The quantitative estimate of drug-likeness (QED) is 0.329. The number of thiol groups is 1. The molecule has 1 saturated heterocycles. The maximum Gasteiger partial charge on any atom is 0.410 e. The fourth-order valence-corrected chi connectivity index (χ4v) is 5.60. The first-order chi connectivity index (χ1) is 20.4. The van der Waals surface area contributed by atoms with Gasteiger partial charge in [-0.2, -0.15) is 4.31 Å². The number of halogens is 1. The zero-order valence-electron chi connectivity index (χ0n) is 25.3. The number of aromatic nitrogens is 1. The van der Waals surface area contributed by atoms with Gasteiger partial charge in [-0.05, 0) is 76.1 Å². The van der Waals surface area contributed by atoms with Crippen molar-refractivity contribution in [2.75, 3.05) is 46.3 Å². The molecule has 0 unspecified atom stereocenters. The Morgan fingerprint density at radius 1 is 1.14 bits per heavy atom. The van der Waals surface area contributed by atoms with Crippen molar-refractivity contribution in [2.45, 2.75) is 52.7 Å². The van der Waals surface area contributed by atoms with Crippen LogP contribution in [0.2, 0.25) is 0 Å². The summed E-state index contributed by atoms with van der Waals surface area (Å²) in [5.74, 6) is -0.518. The van der Waals surface area contributed by atoms with Gasteiger partial charge in [-0.1, -0.05) is 6.92 Å². The molecule has 2 amide bonds. The van der Waals surface area contributed by atoms with Gasteiger partial charge >= 0.3 is 6.09 Å². The molecule has 1 N–H and O–H groups in total. The molecule has 3 aromatic rings. The summed E-state index contributed by atoms with van der Waals surface area (Å²) in [4.78, 5) is 33.8. The third-order valence-corrected chi connectivity index (χ3v) is 8.07. The number of carbonyl (C=O) groups excluding carboxylic acids is 2. The fraction of sp³-hybridized carbons (Fsp3) is 0.500. The minimum Gasteiger partial charge on any atom is -0.444 e. The number of ether oxygens (including phenoxy) is 1. The molecule has 4 rings (SSSR count). The van der Waals surface area contributed by atoms with Crippen molar-refractivity contribution >= 4 is 34.0 Å². The molecule has 1 aromatic carbocycles. The second-order valence-electron chi connectivity index (χ2n) is 11.5. The second kappa shape index (κ2) is 13.8. The van der Waals surface area contributed by atoms with Crippen LogP contribution in [0.3, 0.4) is 0 Å². The number of aryl methyl sites for hydroxylation is 1. The van der Waals surface area contributed by atoms with Gasteiger partial charge in [0.05, 0.1) is 23.2 Å². The number of rotatable bonds is 10. The minimum atomic E-state index is -2.88. The van der Waals surface area contributed by atoms with Gasteiger partial charge < -0.3 is 19.4 Å². The molecule has 0 radical (unpaired) electrons. The Hall–Kier alpha value is -3.55. The van der Waals surface area contributed by atoms with E-state index in [1.165, 1.54) is 35.6 Å². The van der Waals surface area contributed by atoms with Crippen molar-refractivity contribution in [2.24, 2.45) is 0 Å². The Bertz CT molecular complexity index is 1520. The minimum absolute atomic E-state index is 0.0616. The van der Waals surface area contributed by atoms with Crippen LogP contribution in [0.25, 0.3) is 22.4 Å². The number of carbonyl (C=O) groups is 2. The second-order valence-corrected chi connectivity index (χ2v) is 12.5. The Labute approximate surface area is 253 Å². The molecule has 1 aliphatic rings. The number of amides is 2. The SMILES string of the molecule is CCc1cc2c(C(=O)NC)c(-c3ccc(F)cc3)oc2nc1CN(CCCN1CCN(C(=O)OC(C)(C)C)CC1)[SH](=O)=O. The van der Waals surface area contributed by atoms with E-state index in [-0.39, 0.29) is 35.6 Å². The van der Waals surface area contributed by atoms with Gasteiger partial charge in [0.2, 0.25) is 16.6 Å². The van der Waals surface area contributed by atoms with Crippen molar-refractivity contribution in [3.8, 4) is 11.3 Å². The molecule has 0 bridgehead atoms. The Morgan fingerprint density at radius 2 is 1.81 bits per heavy atom. The highest BCUT2D eigenvalue weighted by atomic mass is 32.2. The Morgan fingerprint density at radius 3 is 2.40 bits per heavy atom. The molecule has 234 valence electrons. The lowest BCUT2D eigenvalue weighted by atomic mass is 10.0. The fourth-order valence-electron chi connectivity index (χ4n) is 5.05. The van der Waals surface area contributed by atoms with E-state index < -0.39 is 22.3 Å². The number of hydrogen-bond acceptors (Lipinski definition) is 8. The van der Waals surface area contributed by atoms with Gasteiger partial charge in [0.1, 0.15) is 17.2 Å². The van der Waals surface area contributed by atoms with Crippen LogP contribution in [0.1, 0.15) is 55.7 Å². The first-order valence-corrected chi connectivity index (χ1v) is 15.6. The van der Waals surface area contributed by atoms with Gasteiger partial charge in [0, 0.05) is 45.3 Å². The third-order valence-electron chi connectivity index (χ3n) is 7.27. The summed E-state index contributed by atoms with van der Waals surface area (Å²) < 4.78 is 50.9. The van der Waals surface area contributed by atoms with Crippen LogP contribution in [0.4, 0.5) is 9.18 Å². The van der Waals surface area contributed by atoms with Crippen molar-refractivity contribution in [3.63, 3.8) is 0 Å². The van der Waals surface area contributed by atoms with E-state index in [1.807, 2.05) is 33.8 Å². The predicted octanol–water partition coefficient (Wildman–Crippen LogP) is 3.83. The zero-order valence-corrected chi connectivity index (χ0v) is 26.2. The van der Waals surface area contributed by atoms with Crippen LogP contribution in [0, 0.1) is 5.82 Å². The molecule has 11 nitrogen and oxygen atoms in total. The molecule has 2 aromatic heterocycles. The van der Waals surface area contributed by atoms with Crippen molar-refractivity contribution < 1.29 is 31.6 Å². The van der Waals surface area contributed by atoms with Crippen molar-refractivity contribution in [1.82, 2.24) is 24.4 Å². The number of benzene rings is 1. The first-order valence-electron chi connectivity index (χ1n) is 14.4.